The number of hydrogen-bond acceptors (Lipinski definition) is 5. The summed E-state index contributed by atoms with van der Waals surface area (Å²) in [5, 5.41) is 3.16. The van der Waals surface area contributed by atoms with Crippen molar-refractivity contribution >= 4 is 11.5 Å². The van der Waals surface area contributed by atoms with E-state index in [4.69, 9.17) is 10.5 Å². The summed E-state index contributed by atoms with van der Waals surface area (Å²) in [6.07, 6.45) is 10.4. The second-order valence-electron chi connectivity index (χ2n) is 9.52. The third-order valence-corrected chi connectivity index (χ3v) is 7.06. The Balaban J connectivity index is 1.19. The molecule has 0 aliphatic carbocycles. The predicted molar refractivity (Wildman–Crippen MR) is 135 cm³/mol. The van der Waals surface area contributed by atoms with Crippen LogP contribution in [0.15, 0.2) is 72.9 Å². The first-order valence-corrected chi connectivity index (χ1v) is 12.4. The van der Waals surface area contributed by atoms with E-state index in [1.165, 1.54) is 25.9 Å². The molecule has 2 fully saturated rings. The molecule has 5 rings (SSSR count). The molecule has 0 bridgehead atoms. The molecular formula is C28H34N4O2. The van der Waals surface area contributed by atoms with Crippen LogP contribution in [0.5, 0.6) is 0 Å². The minimum absolute atomic E-state index is 0.148. The summed E-state index contributed by atoms with van der Waals surface area (Å²) in [5.41, 5.74) is 10.2. The van der Waals surface area contributed by atoms with Gasteiger partial charge < -0.3 is 19.9 Å². The Bertz CT molecular complexity index is 1040. The lowest BCUT2D eigenvalue weighted by atomic mass is 10.0. The zero-order valence-corrected chi connectivity index (χ0v) is 19.7. The first kappa shape index (κ1) is 22.8. The smallest absolute Gasteiger partial charge is 0.254 e. The van der Waals surface area contributed by atoms with Crippen LogP contribution in [0.4, 0.5) is 0 Å². The average Bonchev–Trinajstić information content (AvgIpc) is 3.56. The maximum Gasteiger partial charge on any atom is 0.254 e. The molecule has 3 N–H and O–H groups in total. The summed E-state index contributed by atoms with van der Waals surface area (Å²) in [7, 11) is 0. The van der Waals surface area contributed by atoms with Crippen molar-refractivity contribution in [1.82, 2.24) is 15.1 Å². The molecule has 6 nitrogen and oxygen atoms in total. The molecule has 0 radical (unpaired) electrons. The third-order valence-electron chi connectivity index (χ3n) is 7.06. The molecule has 6 heteroatoms. The molecule has 2 atom stereocenters. The first-order chi connectivity index (χ1) is 16.6. The highest BCUT2D eigenvalue weighted by molar-refractivity contribution is 5.95. The van der Waals surface area contributed by atoms with Crippen molar-refractivity contribution in [2.45, 2.75) is 44.2 Å². The van der Waals surface area contributed by atoms with Gasteiger partial charge in [0.05, 0.1) is 6.61 Å². The van der Waals surface area contributed by atoms with Gasteiger partial charge in [0, 0.05) is 30.9 Å². The quantitative estimate of drug-likeness (QED) is 0.619. The maximum absolute atomic E-state index is 13.2. The van der Waals surface area contributed by atoms with Crippen LogP contribution in [0.1, 0.15) is 47.2 Å². The lowest BCUT2D eigenvalue weighted by Gasteiger charge is -2.30. The standard InChI is InChI=1S/C28H34N4O2/c29-28(34-21-22-7-2-1-3-8-22)15-14-25(19-30-28)23-10-12-24(13-11-23)27(33)32-18-6-9-26(32)20-31-16-4-5-17-31/h1-3,7-8,10-15,19,26,30H,4-6,9,16-18,20-21,29H2/t26-,28?/m1/s1. The van der Waals surface area contributed by atoms with Crippen molar-refractivity contribution in [3.8, 4) is 0 Å². The van der Waals surface area contributed by atoms with Gasteiger partial charge in [-0.05, 0) is 73.7 Å². The van der Waals surface area contributed by atoms with E-state index >= 15 is 0 Å². The Morgan fingerprint density at radius 2 is 1.79 bits per heavy atom. The van der Waals surface area contributed by atoms with Gasteiger partial charge in [0.2, 0.25) is 5.85 Å². The number of nitrogens with one attached hydrogen (secondary N) is 1. The number of benzene rings is 2. The molecular weight excluding hydrogens is 424 g/mol. The lowest BCUT2D eigenvalue weighted by Crippen LogP contribution is -2.52. The number of rotatable bonds is 7. The van der Waals surface area contributed by atoms with E-state index in [0.717, 1.165) is 48.2 Å². The van der Waals surface area contributed by atoms with Crippen LogP contribution in [-0.2, 0) is 11.3 Å². The van der Waals surface area contributed by atoms with Crippen molar-refractivity contribution in [3.05, 3.63) is 89.6 Å². The highest BCUT2D eigenvalue weighted by atomic mass is 16.5. The van der Waals surface area contributed by atoms with E-state index in [9.17, 15) is 4.79 Å². The summed E-state index contributed by atoms with van der Waals surface area (Å²) in [4.78, 5) is 17.8. The minimum Gasteiger partial charge on any atom is -0.348 e. The van der Waals surface area contributed by atoms with E-state index in [1.807, 2.05) is 72.9 Å². The van der Waals surface area contributed by atoms with Crippen molar-refractivity contribution in [2.24, 2.45) is 5.73 Å². The molecule has 0 aromatic heterocycles. The fourth-order valence-electron chi connectivity index (χ4n) is 5.07. The number of amides is 1. The largest absolute Gasteiger partial charge is 0.348 e. The molecule has 2 saturated heterocycles. The van der Waals surface area contributed by atoms with E-state index in [-0.39, 0.29) is 5.91 Å². The van der Waals surface area contributed by atoms with Crippen LogP contribution in [0.25, 0.3) is 5.57 Å². The zero-order valence-electron chi connectivity index (χ0n) is 19.7. The number of nitrogens with two attached hydrogens (primary N) is 1. The highest BCUT2D eigenvalue weighted by Crippen LogP contribution is 2.25. The van der Waals surface area contributed by atoms with Gasteiger partial charge >= 0.3 is 0 Å². The normalized spacial score (nSPS) is 24.8. The van der Waals surface area contributed by atoms with Crippen LogP contribution >= 0.6 is 0 Å². The number of ether oxygens (including phenoxy) is 1. The van der Waals surface area contributed by atoms with E-state index in [1.54, 1.807) is 0 Å². The van der Waals surface area contributed by atoms with Gasteiger partial charge in [-0.25, -0.2) is 0 Å². The Labute approximate surface area is 202 Å². The fourth-order valence-corrected chi connectivity index (χ4v) is 5.07. The van der Waals surface area contributed by atoms with Crippen LogP contribution in [-0.4, -0.2) is 53.8 Å². The van der Waals surface area contributed by atoms with E-state index < -0.39 is 5.85 Å². The molecule has 3 heterocycles. The Morgan fingerprint density at radius 3 is 2.50 bits per heavy atom. The maximum atomic E-state index is 13.2. The van der Waals surface area contributed by atoms with Crippen molar-refractivity contribution in [2.75, 3.05) is 26.2 Å². The molecule has 2 aromatic rings. The van der Waals surface area contributed by atoms with Crippen molar-refractivity contribution < 1.29 is 9.53 Å². The molecule has 34 heavy (non-hydrogen) atoms. The summed E-state index contributed by atoms with van der Waals surface area (Å²) >= 11 is 0. The molecule has 0 spiro atoms. The fraction of sp³-hybridized carbons (Fsp3) is 0.393. The number of likely N-dealkylation sites (tertiary alicyclic amines) is 2. The number of nitrogens with zero attached hydrogens (tertiary/aromatic N) is 2. The van der Waals surface area contributed by atoms with Gasteiger partial charge in [0.15, 0.2) is 0 Å². The van der Waals surface area contributed by atoms with Crippen molar-refractivity contribution in [1.29, 1.82) is 0 Å². The van der Waals surface area contributed by atoms with Crippen LogP contribution < -0.4 is 11.1 Å². The molecule has 1 amide bonds. The molecule has 1 unspecified atom stereocenters. The Kier molecular flexibility index (Phi) is 6.81. The molecule has 0 saturated carbocycles. The third kappa shape index (κ3) is 5.25. The first-order valence-electron chi connectivity index (χ1n) is 12.4. The molecule has 178 valence electrons. The number of carbonyl (C=O) groups is 1. The van der Waals surface area contributed by atoms with Gasteiger partial charge in [-0.2, -0.15) is 0 Å². The number of allylic oxidation sites excluding steroid dienone is 2. The summed E-state index contributed by atoms with van der Waals surface area (Å²) in [6, 6.07) is 18.2. The Hall–Kier alpha value is -2.93. The van der Waals surface area contributed by atoms with Gasteiger partial charge in [-0.1, -0.05) is 48.5 Å². The van der Waals surface area contributed by atoms with Gasteiger partial charge in [-0.3, -0.25) is 10.5 Å². The zero-order chi connectivity index (χ0) is 23.4. The number of carbonyl (C=O) groups excluding carboxylic acids is 1. The average molecular weight is 459 g/mol. The second kappa shape index (κ2) is 10.1. The lowest BCUT2D eigenvalue weighted by molar-refractivity contribution is -0.0318. The van der Waals surface area contributed by atoms with Crippen LogP contribution in [0.2, 0.25) is 0 Å². The topological polar surface area (TPSA) is 70.8 Å². The highest BCUT2D eigenvalue weighted by Gasteiger charge is 2.31. The predicted octanol–water partition coefficient (Wildman–Crippen LogP) is 3.72. The summed E-state index contributed by atoms with van der Waals surface area (Å²) < 4.78 is 5.89. The number of dihydropyridines is 1. The molecule has 3 aliphatic rings. The summed E-state index contributed by atoms with van der Waals surface area (Å²) in [5.74, 6) is -0.898. The van der Waals surface area contributed by atoms with E-state index in [0.29, 0.717) is 12.6 Å². The van der Waals surface area contributed by atoms with Crippen LogP contribution in [0.3, 0.4) is 0 Å². The molecule has 3 aliphatic heterocycles. The van der Waals surface area contributed by atoms with Crippen molar-refractivity contribution in [3.63, 3.8) is 0 Å². The second-order valence-corrected chi connectivity index (χ2v) is 9.52. The monoisotopic (exact) mass is 458 g/mol. The van der Waals surface area contributed by atoms with E-state index in [2.05, 4.69) is 15.1 Å². The SMILES string of the molecule is NC1(OCc2ccccc2)C=CC(c2ccc(C(=O)N3CCC[C@@H]3CN3CCCC3)cc2)=CN1. The van der Waals surface area contributed by atoms with Gasteiger partial charge in [0.25, 0.3) is 5.91 Å². The van der Waals surface area contributed by atoms with Crippen LogP contribution in [0, 0.1) is 0 Å². The van der Waals surface area contributed by atoms with Gasteiger partial charge in [-0.15, -0.1) is 0 Å². The molecule has 2 aromatic carbocycles. The summed E-state index contributed by atoms with van der Waals surface area (Å²) in [6.45, 7) is 4.64. The number of hydrogen-bond donors (Lipinski definition) is 2. The Morgan fingerprint density at radius 1 is 1.03 bits per heavy atom. The van der Waals surface area contributed by atoms with Gasteiger partial charge in [0.1, 0.15) is 0 Å². The minimum atomic E-state index is -1.05.